The zero-order valence-electron chi connectivity index (χ0n) is 9.00. The van der Waals surface area contributed by atoms with Crippen LogP contribution < -0.4 is 5.32 Å². The summed E-state index contributed by atoms with van der Waals surface area (Å²) in [6.45, 7) is 2.86. The Bertz CT molecular complexity index is 326. The lowest BCUT2D eigenvalue weighted by atomic mass is 10.1. The lowest BCUT2D eigenvalue weighted by molar-refractivity contribution is 0.597. The van der Waals surface area contributed by atoms with Crippen LogP contribution in [0.1, 0.15) is 18.5 Å². The topological polar surface area (TPSA) is 29.1 Å². The zero-order chi connectivity index (χ0) is 11.3. The molecular formula is C11H16ClNOS. The third kappa shape index (κ3) is 4.78. The molecule has 1 rings (SSSR count). The van der Waals surface area contributed by atoms with Gasteiger partial charge in [0, 0.05) is 40.4 Å². The molecule has 0 aliphatic heterocycles. The van der Waals surface area contributed by atoms with Gasteiger partial charge in [-0.2, -0.15) is 0 Å². The van der Waals surface area contributed by atoms with E-state index in [0.29, 0.717) is 5.75 Å². The van der Waals surface area contributed by atoms with Crippen molar-refractivity contribution >= 4 is 22.4 Å². The largest absolute Gasteiger partial charge is 0.309 e. The SMILES string of the molecule is CC(NCCS(C)=O)c1ccc(Cl)cc1. The van der Waals surface area contributed by atoms with Gasteiger partial charge in [0.15, 0.2) is 0 Å². The zero-order valence-corrected chi connectivity index (χ0v) is 10.6. The predicted octanol–water partition coefficient (Wildman–Crippen LogP) is 2.37. The average Bonchev–Trinajstić information content (AvgIpc) is 2.18. The van der Waals surface area contributed by atoms with Gasteiger partial charge in [-0.3, -0.25) is 4.21 Å². The van der Waals surface area contributed by atoms with Gasteiger partial charge in [0.05, 0.1) is 0 Å². The van der Waals surface area contributed by atoms with Gasteiger partial charge in [-0.05, 0) is 24.6 Å². The van der Waals surface area contributed by atoms with Gasteiger partial charge >= 0.3 is 0 Å². The van der Waals surface area contributed by atoms with Crippen LogP contribution in [0.25, 0.3) is 0 Å². The summed E-state index contributed by atoms with van der Waals surface area (Å²) in [6.07, 6.45) is 1.72. The fraction of sp³-hybridized carbons (Fsp3) is 0.455. The first kappa shape index (κ1) is 12.7. The molecule has 15 heavy (non-hydrogen) atoms. The summed E-state index contributed by atoms with van der Waals surface area (Å²) in [5.41, 5.74) is 1.20. The highest BCUT2D eigenvalue weighted by Crippen LogP contribution is 2.15. The number of hydrogen-bond acceptors (Lipinski definition) is 2. The summed E-state index contributed by atoms with van der Waals surface area (Å²) < 4.78 is 10.9. The second-order valence-corrected chi connectivity index (χ2v) is 5.50. The lowest BCUT2D eigenvalue weighted by Crippen LogP contribution is -2.23. The van der Waals surface area contributed by atoms with E-state index in [1.54, 1.807) is 6.26 Å². The molecule has 84 valence electrons. The van der Waals surface area contributed by atoms with Gasteiger partial charge in [-0.25, -0.2) is 0 Å². The van der Waals surface area contributed by atoms with Crippen molar-refractivity contribution in [1.82, 2.24) is 5.32 Å². The molecule has 1 N–H and O–H groups in total. The van der Waals surface area contributed by atoms with Gasteiger partial charge in [-0.15, -0.1) is 0 Å². The van der Waals surface area contributed by atoms with Crippen LogP contribution >= 0.6 is 11.6 Å². The first-order valence-electron chi connectivity index (χ1n) is 4.88. The maximum Gasteiger partial charge on any atom is 0.0406 e. The van der Waals surface area contributed by atoms with Crippen molar-refractivity contribution in [3.63, 3.8) is 0 Å². The van der Waals surface area contributed by atoms with Crippen molar-refractivity contribution in [2.75, 3.05) is 18.6 Å². The van der Waals surface area contributed by atoms with Gasteiger partial charge in [0.1, 0.15) is 0 Å². The fourth-order valence-corrected chi connectivity index (χ4v) is 1.82. The first-order chi connectivity index (χ1) is 7.09. The van der Waals surface area contributed by atoms with E-state index in [2.05, 4.69) is 12.2 Å². The Morgan fingerprint density at radius 3 is 2.53 bits per heavy atom. The van der Waals surface area contributed by atoms with Crippen LogP contribution in [-0.2, 0) is 10.8 Å². The van der Waals surface area contributed by atoms with E-state index >= 15 is 0 Å². The Morgan fingerprint density at radius 1 is 1.40 bits per heavy atom. The van der Waals surface area contributed by atoms with E-state index in [9.17, 15) is 4.21 Å². The van der Waals surface area contributed by atoms with E-state index in [1.807, 2.05) is 24.3 Å². The molecule has 0 amide bonds. The fourth-order valence-electron chi connectivity index (χ4n) is 1.29. The van der Waals surface area contributed by atoms with Crippen LogP contribution in [0.15, 0.2) is 24.3 Å². The van der Waals surface area contributed by atoms with Crippen molar-refractivity contribution in [1.29, 1.82) is 0 Å². The predicted molar refractivity (Wildman–Crippen MR) is 66.8 cm³/mol. The number of benzene rings is 1. The van der Waals surface area contributed by atoms with Crippen molar-refractivity contribution in [3.8, 4) is 0 Å². The summed E-state index contributed by atoms with van der Waals surface area (Å²) in [6, 6.07) is 8.04. The summed E-state index contributed by atoms with van der Waals surface area (Å²) in [4.78, 5) is 0. The first-order valence-corrected chi connectivity index (χ1v) is 6.99. The molecule has 0 saturated carbocycles. The third-order valence-electron chi connectivity index (χ3n) is 2.21. The molecule has 2 unspecified atom stereocenters. The van der Waals surface area contributed by atoms with E-state index in [-0.39, 0.29) is 6.04 Å². The van der Waals surface area contributed by atoms with Gasteiger partial charge in [0.2, 0.25) is 0 Å². The summed E-state index contributed by atoms with van der Waals surface area (Å²) in [5, 5.41) is 4.06. The Kier molecular flexibility index (Phi) is 5.29. The van der Waals surface area contributed by atoms with Gasteiger partial charge < -0.3 is 5.32 Å². The summed E-state index contributed by atoms with van der Waals surface area (Å²) >= 11 is 5.80. The van der Waals surface area contributed by atoms with Crippen molar-refractivity contribution in [2.45, 2.75) is 13.0 Å². The number of rotatable bonds is 5. The number of hydrogen-bond donors (Lipinski definition) is 1. The molecule has 0 aliphatic carbocycles. The average molecular weight is 246 g/mol. The third-order valence-corrected chi connectivity index (χ3v) is 3.24. The molecule has 1 aromatic rings. The standard InChI is InChI=1S/C11H16ClNOS/c1-9(13-7-8-15(2)14)10-3-5-11(12)6-4-10/h3-6,9,13H,7-8H2,1-2H3. The van der Waals surface area contributed by atoms with Gasteiger partial charge in [-0.1, -0.05) is 23.7 Å². The molecule has 2 atom stereocenters. The lowest BCUT2D eigenvalue weighted by Gasteiger charge is -2.13. The van der Waals surface area contributed by atoms with Gasteiger partial charge in [0.25, 0.3) is 0 Å². The molecule has 0 radical (unpaired) electrons. The maximum absolute atomic E-state index is 10.9. The Hall–Kier alpha value is -0.380. The van der Waals surface area contributed by atoms with Crippen LogP contribution in [0.2, 0.25) is 5.02 Å². The molecule has 2 nitrogen and oxygen atoms in total. The molecule has 0 spiro atoms. The number of nitrogens with one attached hydrogen (secondary N) is 1. The smallest absolute Gasteiger partial charge is 0.0406 e. The molecule has 0 bridgehead atoms. The second kappa shape index (κ2) is 6.26. The van der Waals surface area contributed by atoms with E-state index in [4.69, 9.17) is 11.6 Å². The maximum atomic E-state index is 10.9. The van der Waals surface area contributed by atoms with Crippen LogP contribution in [0.5, 0.6) is 0 Å². The van der Waals surface area contributed by atoms with Crippen LogP contribution in [0, 0.1) is 0 Å². The molecule has 0 fully saturated rings. The summed E-state index contributed by atoms with van der Waals surface area (Å²) in [7, 11) is -0.726. The van der Waals surface area contributed by atoms with E-state index < -0.39 is 10.8 Å². The molecule has 1 aromatic carbocycles. The Labute approximate surface area is 98.5 Å². The van der Waals surface area contributed by atoms with E-state index in [0.717, 1.165) is 11.6 Å². The molecular weight excluding hydrogens is 230 g/mol. The molecule has 0 heterocycles. The minimum Gasteiger partial charge on any atom is -0.309 e. The number of halogens is 1. The normalized spacial score (nSPS) is 14.9. The Morgan fingerprint density at radius 2 is 2.00 bits per heavy atom. The summed E-state index contributed by atoms with van der Waals surface area (Å²) in [5.74, 6) is 0.692. The van der Waals surface area contributed by atoms with Crippen LogP contribution in [0.4, 0.5) is 0 Å². The van der Waals surface area contributed by atoms with Crippen molar-refractivity contribution < 1.29 is 4.21 Å². The highest BCUT2D eigenvalue weighted by Gasteiger charge is 2.03. The highest BCUT2D eigenvalue weighted by molar-refractivity contribution is 7.84. The van der Waals surface area contributed by atoms with Crippen molar-refractivity contribution in [3.05, 3.63) is 34.9 Å². The molecule has 0 aliphatic rings. The minimum atomic E-state index is -0.726. The van der Waals surface area contributed by atoms with E-state index in [1.165, 1.54) is 5.56 Å². The highest BCUT2D eigenvalue weighted by atomic mass is 35.5. The second-order valence-electron chi connectivity index (χ2n) is 3.50. The van der Waals surface area contributed by atoms with Crippen LogP contribution in [-0.4, -0.2) is 22.8 Å². The minimum absolute atomic E-state index is 0.269. The van der Waals surface area contributed by atoms with Crippen LogP contribution in [0.3, 0.4) is 0 Å². The van der Waals surface area contributed by atoms with Crippen molar-refractivity contribution in [2.24, 2.45) is 0 Å². The monoisotopic (exact) mass is 245 g/mol. The quantitative estimate of drug-likeness (QED) is 0.863. The Balaban J connectivity index is 2.43. The molecule has 0 saturated heterocycles. The molecule has 4 heteroatoms. The molecule has 0 aromatic heterocycles.